The Morgan fingerprint density at radius 1 is 1.10 bits per heavy atom. The summed E-state index contributed by atoms with van der Waals surface area (Å²) >= 11 is 0. The van der Waals surface area contributed by atoms with Crippen LogP contribution in [0.5, 0.6) is 0 Å². The molecule has 2 aromatic carbocycles. The second-order valence-corrected chi connectivity index (χ2v) is 8.02. The van der Waals surface area contributed by atoms with Gasteiger partial charge in [-0.1, -0.05) is 60.7 Å². The van der Waals surface area contributed by atoms with Gasteiger partial charge in [0.05, 0.1) is 6.04 Å². The lowest BCUT2D eigenvalue weighted by Crippen LogP contribution is -2.57. The lowest BCUT2D eigenvalue weighted by Gasteiger charge is -2.37. The Morgan fingerprint density at radius 3 is 2.37 bits per heavy atom. The van der Waals surface area contributed by atoms with Gasteiger partial charge in [-0.05, 0) is 31.0 Å². The van der Waals surface area contributed by atoms with Crippen LogP contribution in [0.3, 0.4) is 0 Å². The fourth-order valence-electron chi connectivity index (χ4n) is 4.87. The van der Waals surface area contributed by atoms with Crippen molar-refractivity contribution in [3.8, 4) is 0 Å². The number of fused-ring (bicyclic) bond motifs is 1. The Hall–Kier alpha value is -3.41. The van der Waals surface area contributed by atoms with Crippen molar-refractivity contribution in [3.63, 3.8) is 0 Å². The van der Waals surface area contributed by atoms with Gasteiger partial charge in [-0.2, -0.15) is 0 Å². The van der Waals surface area contributed by atoms with E-state index in [4.69, 9.17) is 0 Å². The minimum Gasteiger partial charge on any atom is -0.479 e. The third-order valence-corrected chi connectivity index (χ3v) is 6.36. The zero-order valence-corrected chi connectivity index (χ0v) is 16.7. The number of amides is 2. The van der Waals surface area contributed by atoms with E-state index in [-0.39, 0.29) is 5.78 Å². The van der Waals surface area contributed by atoms with Crippen LogP contribution in [-0.4, -0.2) is 39.4 Å². The molecule has 0 spiro atoms. The number of nitrogens with one attached hydrogen (secondary N) is 1. The Morgan fingerprint density at radius 2 is 1.73 bits per heavy atom. The van der Waals surface area contributed by atoms with Gasteiger partial charge in [0.1, 0.15) is 11.3 Å². The van der Waals surface area contributed by atoms with E-state index in [1.807, 2.05) is 42.5 Å². The summed E-state index contributed by atoms with van der Waals surface area (Å²) in [4.78, 5) is 39.8. The Labute approximate surface area is 175 Å². The lowest BCUT2D eigenvalue weighted by molar-refractivity contribution is -0.149. The molecular weight excluding hydrogens is 380 g/mol. The zero-order valence-electron chi connectivity index (χ0n) is 16.7. The van der Waals surface area contributed by atoms with Crippen LogP contribution in [0, 0.1) is 11.8 Å². The SMILES string of the molecule is CC1(C(=O)O)C2CCC(=O)C2C(C=Cc2ccccc2)N1C(=O)Nc1ccccc1. The molecule has 2 amide bonds. The second-order valence-electron chi connectivity index (χ2n) is 8.02. The average Bonchev–Trinajstić information content (AvgIpc) is 3.25. The van der Waals surface area contributed by atoms with Gasteiger partial charge in [-0.25, -0.2) is 9.59 Å². The number of rotatable bonds is 4. The second kappa shape index (κ2) is 7.78. The molecule has 4 rings (SSSR count). The third-order valence-electron chi connectivity index (χ3n) is 6.36. The van der Waals surface area contributed by atoms with Crippen molar-refractivity contribution in [2.45, 2.75) is 31.3 Å². The summed E-state index contributed by atoms with van der Waals surface area (Å²) in [5.41, 5.74) is 0.0257. The standard InChI is InChI=1S/C24H24N2O4/c1-24(22(28)29)18-13-15-20(27)21(18)19(14-12-16-8-4-2-5-9-16)26(24)23(30)25-17-10-6-3-7-11-17/h2-12,14,18-19,21H,13,15H2,1H3,(H,25,30)(H,28,29). The van der Waals surface area contributed by atoms with Crippen LogP contribution in [0.2, 0.25) is 0 Å². The highest BCUT2D eigenvalue weighted by Crippen LogP contribution is 2.51. The number of carboxylic acid groups (broad SMARTS) is 1. The largest absolute Gasteiger partial charge is 0.479 e. The molecule has 1 aliphatic heterocycles. The number of likely N-dealkylation sites (tertiary alicyclic amines) is 1. The van der Waals surface area contributed by atoms with E-state index in [0.29, 0.717) is 18.5 Å². The fourth-order valence-corrected chi connectivity index (χ4v) is 4.87. The number of aliphatic carboxylic acids is 1. The van der Waals surface area contributed by atoms with Gasteiger partial charge < -0.3 is 15.3 Å². The van der Waals surface area contributed by atoms with Crippen molar-refractivity contribution in [2.24, 2.45) is 11.8 Å². The minimum absolute atomic E-state index is 0.0187. The number of hydrogen-bond donors (Lipinski definition) is 2. The number of para-hydroxylation sites is 1. The summed E-state index contributed by atoms with van der Waals surface area (Å²) in [5, 5.41) is 12.9. The van der Waals surface area contributed by atoms with Crippen LogP contribution in [0.1, 0.15) is 25.3 Å². The molecule has 1 saturated carbocycles. The highest BCUT2D eigenvalue weighted by molar-refractivity contribution is 5.98. The first-order valence-electron chi connectivity index (χ1n) is 10.1. The molecule has 1 heterocycles. The molecule has 0 radical (unpaired) electrons. The van der Waals surface area contributed by atoms with Crippen LogP contribution in [0.4, 0.5) is 10.5 Å². The Bertz CT molecular complexity index is 989. The molecule has 2 fully saturated rings. The number of carboxylic acids is 1. The van der Waals surface area contributed by atoms with E-state index in [1.165, 1.54) is 4.90 Å². The minimum atomic E-state index is -1.47. The van der Waals surface area contributed by atoms with Gasteiger partial charge >= 0.3 is 12.0 Å². The summed E-state index contributed by atoms with van der Waals surface area (Å²) < 4.78 is 0. The number of ketones is 1. The maximum Gasteiger partial charge on any atom is 0.329 e. The van der Waals surface area contributed by atoms with E-state index in [9.17, 15) is 19.5 Å². The van der Waals surface area contributed by atoms with Crippen LogP contribution in [-0.2, 0) is 9.59 Å². The van der Waals surface area contributed by atoms with Crippen molar-refractivity contribution in [1.29, 1.82) is 0 Å². The van der Waals surface area contributed by atoms with Crippen LogP contribution in [0.25, 0.3) is 6.08 Å². The normalized spacial score (nSPS) is 28.0. The first-order chi connectivity index (χ1) is 14.4. The number of nitrogens with zero attached hydrogens (tertiary/aromatic N) is 1. The molecule has 6 heteroatoms. The molecule has 1 saturated heterocycles. The molecule has 6 nitrogen and oxygen atoms in total. The van der Waals surface area contributed by atoms with Gasteiger partial charge in [0.15, 0.2) is 0 Å². The van der Waals surface area contributed by atoms with Gasteiger partial charge in [-0.3, -0.25) is 4.79 Å². The van der Waals surface area contributed by atoms with Gasteiger partial charge in [0.25, 0.3) is 0 Å². The van der Waals surface area contributed by atoms with Gasteiger partial charge in [-0.15, -0.1) is 0 Å². The Balaban J connectivity index is 1.74. The molecule has 0 bridgehead atoms. The van der Waals surface area contributed by atoms with Crippen LogP contribution < -0.4 is 5.32 Å². The monoisotopic (exact) mass is 404 g/mol. The summed E-state index contributed by atoms with van der Waals surface area (Å²) in [7, 11) is 0. The van der Waals surface area contributed by atoms with Crippen molar-refractivity contribution in [1.82, 2.24) is 4.90 Å². The first-order valence-corrected chi connectivity index (χ1v) is 10.1. The number of Topliss-reactive ketones (excluding diaryl/α,β-unsaturated/α-hetero) is 1. The quantitative estimate of drug-likeness (QED) is 0.805. The highest BCUT2D eigenvalue weighted by atomic mass is 16.4. The lowest BCUT2D eigenvalue weighted by atomic mass is 9.81. The zero-order chi connectivity index (χ0) is 21.3. The Kier molecular flexibility index (Phi) is 5.16. The topological polar surface area (TPSA) is 86.7 Å². The van der Waals surface area contributed by atoms with E-state index < -0.39 is 35.4 Å². The summed E-state index contributed by atoms with van der Waals surface area (Å²) in [5.74, 6) is -2.02. The van der Waals surface area contributed by atoms with Crippen molar-refractivity contribution in [2.75, 3.05) is 5.32 Å². The molecule has 4 atom stereocenters. The van der Waals surface area contributed by atoms with E-state index in [1.54, 1.807) is 37.3 Å². The third kappa shape index (κ3) is 3.28. The maximum absolute atomic E-state index is 13.3. The fraction of sp³-hybridized carbons (Fsp3) is 0.292. The van der Waals surface area contributed by atoms with Crippen LogP contribution >= 0.6 is 0 Å². The van der Waals surface area contributed by atoms with Crippen molar-refractivity contribution < 1.29 is 19.5 Å². The average molecular weight is 404 g/mol. The molecule has 4 unspecified atom stereocenters. The summed E-state index contributed by atoms with van der Waals surface area (Å²) in [6.45, 7) is 1.56. The van der Waals surface area contributed by atoms with Crippen molar-refractivity contribution in [3.05, 3.63) is 72.3 Å². The van der Waals surface area contributed by atoms with Crippen molar-refractivity contribution >= 4 is 29.5 Å². The number of hydrogen-bond acceptors (Lipinski definition) is 3. The first kappa shape index (κ1) is 19.9. The summed E-state index contributed by atoms with van der Waals surface area (Å²) in [6.07, 6.45) is 4.47. The smallest absolute Gasteiger partial charge is 0.329 e. The molecule has 30 heavy (non-hydrogen) atoms. The summed E-state index contributed by atoms with van der Waals surface area (Å²) in [6, 6.07) is 17.3. The number of anilines is 1. The van der Waals surface area contributed by atoms with E-state index in [0.717, 1.165) is 5.56 Å². The molecule has 2 N–H and O–H groups in total. The predicted octanol–water partition coefficient (Wildman–Crippen LogP) is 4.05. The van der Waals surface area contributed by atoms with Gasteiger partial charge in [0, 0.05) is 23.9 Å². The number of benzene rings is 2. The number of urea groups is 1. The molecule has 154 valence electrons. The highest BCUT2D eigenvalue weighted by Gasteiger charge is 2.65. The molecular formula is C24H24N2O4. The van der Waals surface area contributed by atoms with E-state index >= 15 is 0 Å². The maximum atomic E-state index is 13.3. The molecule has 2 aliphatic rings. The molecule has 2 aromatic rings. The number of carbonyl (C=O) groups is 3. The predicted molar refractivity (Wildman–Crippen MR) is 114 cm³/mol. The van der Waals surface area contributed by atoms with Crippen LogP contribution in [0.15, 0.2) is 66.7 Å². The molecule has 1 aliphatic carbocycles. The molecule has 0 aromatic heterocycles. The number of carbonyl (C=O) groups excluding carboxylic acids is 2. The van der Waals surface area contributed by atoms with E-state index in [2.05, 4.69) is 5.32 Å². The van der Waals surface area contributed by atoms with Gasteiger partial charge in [0.2, 0.25) is 0 Å².